The van der Waals surface area contributed by atoms with Gasteiger partial charge in [-0.3, -0.25) is 4.79 Å². The van der Waals surface area contributed by atoms with E-state index in [1.165, 1.54) is 10.8 Å². The van der Waals surface area contributed by atoms with Gasteiger partial charge < -0.3 is 14.5 Å². The molecule has 5 aromatic rings. The highest BCUT2D eigenvalue weighted by Gasteiger charge is 2.17. The first-order valence-electron chi connectivity index (χ1n) is 12.2. The topological polar surface area (TPSA) is 51.5 Å². The average Bonchev–Trinajstić information content (AvgIpc) is 3.28. The Bertz CT molecular complexity index is 1620. The Morgan fingerprint density at radius 2 is 1.72 bits per heavy atom. The molecule has 4 heteroatoms. The lowest BCUT2D eigenvalue weighted by Gasteiger charge is -2.13. The second-order valence-corrected chi connectivity index (χ2v) is 9.02. The molecule has 4 aromatic carbocycles. The number of carbonyl (C=O) groups is 1. The molecule has 0 radical (unpaired) electrons. The Morgan fingerprint density at radius 1 is 0.944 bits per heavy atom. The van der Waals surface area contributed by atoms with Crippen molar-refractivity contribution < 1.29 is 13.9 Å². The number of ether oxygens (including phenoxy) is 1. The van der Waals surface area contributed by atoms with Crippen molar-refractivity contribution in [3.63, 3.8) is 0 Å². The second kappa shape index (κ2) is 9.74. The van der Waals surface area contributed by atoms with Crippen LogP contribution in [-0.4, -0.2) is 12.5 Å². The highest BCUT2D eigenvalue weighted by Crippen LogP contribution is 2.39. The molecule has 0 saturated carbocycles. The Labute approximate surface area is 211 Å². The summed E-state index contributed by atoms with van der Waals surface area (Å²) in [4.78, 5) is 12.9. The number of nitrogens with one attached hydrogen (secondary N) is 1. The monoisotopic (exact) mass is 475 g/mol. The molecule has 1 N–H and O–H groups in total. The van der Waals surface area contributed by atoms with E-state index in [1.807, 2.05) is 64.1 Å². The largest absolute Gasteiger partial charge is 0.493 e. The van der Waals surface area contributed by atoms with E-state index in [1.54, 1.807) is 12.3 Å². The number of hydrogen-bond acceptors (Lipinski definition) is 3. The minimum Gasteiger partial charge on any atom is -0.493 e. The predicted molar refractivity (Wildman–Crippen MR) is 149 cm³/mol. The molecular formula is C32H29NO3. The number of carbonyl (C=O) groups excluding carboxylic acids is 1. The standard InChI is InChI=1S/C32H29NO3/c1-5-35-30-18-31-27(28(19-36-31)25-14-9-12-23-11-6-7-13-24(23)25)17-26(30)21(3)16-32(34)33-29-15-8-10-20(2)22(29)4/h6-19H,5H2,1-4H3,(H,33,34)/b21-16+. The van der Waals surface area contributed by atoms with Gasteiger partial charge in [-0.15, -0.1) is 0 Å². The van der Waals surface area contributed by atoms with E-state index in [-0.39, 0.29) is 5.91 Å². The molecule has 4 nitrogen and oxygen atoms in total. The zero-order valence-corrected chi connectivity index (χ0v) is 21.0. The maximum absolute atomic E-state index is 12.9. The Morgan fingerprint density at radius 3 is 2.56 bits per heavy atom. The Kier molecular flexibility index (Phi) is 6.34. The third-order valence-corrected chi connectivity index (χ3v) is 6.69. The fraction of sp³-hybridized carbons (Fsp3) is 0.156. The number of allylic oxidation sites excluding steroid dienone is 1. The summed E-state index contributed by atoms with van der Waals surface area (Å²) in [6, 6.07) is 24.5. The summed E-state index contributed by atoms with van der Waals surface area (Å²) in [5.41, 5.74) is 7.56. The first kappa shape index (κ1) is 23.4. The molecule has 1 amide bonds. The van der Waals surface area contributed by atoms with Crippen molar-refractivity contribution in [2.75, 3.05) is 11.9 Å². The molecule has 1 heterocycles. The number of rotatable bonds is 6. The first-order chi connectivity index (χ1) is 17.5. The van der Waals surface area contributed by atoms with Gasteiger partial charge in [-0.25, -0.2) is 0 Å². The molecule has 0 aliphatic carbocycles. The van der Waals surface area contributed by atoms with Gasteiger partial charge in [-0.05, 0) is 72.9 Å². The van der Waals surface area contributed by atoms with Crippen molar-refractivity contribution in [1.82, 2.24) is 0 Å². The summed E-state index contributed by atoms with van der Waals surface area (Å²) in [5.74, 6) is 0.516. The summed E-state index contributed by atoms with van der Waals surface area (Å²) in [6.45, 7) is 8.44. The van der Waals surface area contributed by atoms with Crippen molar-refractivity contribution >= 4 is 38.9 Å². The van der Waals surface area contributed by atoms with Crippen LogP contribution in [0.15, 0.2) is 89.6 Å². The SMILES string of the molecule is CCOc1cc2occ(-c3cccc4ccccc34)c2cc1/C(C)=C/C(=O)Nc1cccc(C)c1C. The van der Waals surface area contributed by atoms with E-state index >= 15 is 0 Å². The fourth-order valence-corrected chi connectivity index (χ4v) is 4.64. The molecule has 0 fully saturated rings. The molecule has 0 bridgehead atoms. The lowest BCUT2D eigenvalue weighted by atomic mass is 9.96. The third-order valence-electron chi connectivity index (χ3n) is 6.69. The Balaban J connectivity index is 1.58. The fourth-order valence-electron chi connectivity index (χ4n) is 4.64. The van der Waals surface area contributed by atoms with Gasteiger partial charge in [-0.2, -0.15) is 0 Å². The maximum atomic E-state index is 12.9. The molecule has 0 aliphatic rings. The molecular weight excluding hydrogens is 446 g/mol. The van der Waals surface area contributed by atoms with E-state index in [9.17, 15) is 4.79 Å². The highest BCUT2D eigenvalue weighted by molar-refractivity contribution is 6.07. The van der Waals surface area contributed by atoms with Crippen LogP contribution in [0.5, 0.6) is 5.75 Å². The van der Waals surface area contributed by atoms with Crippen molar-refractivity contribution in [2.24, 2.45) is 0 Å². The molecule has 0 unspecified atom stereocenters. The van der Waals surface area contributed by atoms with Crippen LogP contribution < -0.4 is 10.1 Å². The molecule has 1 aromatic heterocycles. The van der Waals surface area contributed by atoms with Crippen molar-refractivity contribution in [1.29, 1.82) is 0 Å². The predicted octanol–water partition coefficient (Wildman–Crippen LogP) is 8.31. The number of anilines is 1. The van der Waals surface area contributed by atoms with E-state index in [0.717, 1.165) is 50.0 Å². The maximum Gasteiger partial charge on any atom is 0.248 e. The van der Waals surface area contributed by atoms with Crippen molar-refractivity contribution in [2.45, 2.75) is 27.7 Å². The van der Waals surface area contributed by atoms with E-state index < -0.39 is 0 Å². The minimum atomic E-state index is -0.176. The second-order valence-electron chi connectivity index (χ2n) is 9.02. The molecule has 0 saturated heterocycles. The summed E-state index contributed by atoms with van der Waals surface area (Å²) >= 11 is 0. The molecule has 5 rings (SSSR count). The van der Waals surface area contributed by atoms with Gasteiger partial charge in [-0.1, -0.05) is 54.6 Å². The average molecular weight is 476 g/mol. The van der Waals surface area contributed by atoms with Gasteiger partial charge in [0.05, 0.1) is 12.9 Å². The number of furan rings is 1. The van der Waals surface area contributed by atoms with Gasteiger partial charge in [0.25, 0.3) is 0 Å². The summed E-state index contributed by atoms with van der Waals surface area (Å²) in [6.07, 6.45) is 3.43. The number of benzene rings is 4. The minimum absolute atomic E-state index is 0.176. The van der Waals surface area contributed by atoms with Gasteiger partial charge in [0.2, 0.25) is 5.91 Å². The number of hydrogen-bond donors (Lipinski definition) is 1. The van der Waals surface area contributed by atoms with Crippen LogP contribution in [0.4, 0.5) is 5.69 Å². The number of fused-ring (bicyclic) bond motifs is 2. The van der Waals surface area contributed by atoms with Gasteiger partial charge in [0.1, 0.15) is 11.3 Å². The first-order valence-corrected chi connectivity index (χ1v) is 12.2. The number of amides is 1. The van der Waals surface area contributed by atoms with Crippen LogP contribution in [0.1, 0.15) is 30.5 Å². The van der Waals surface area contributed by atoms with E-state index in [2.05, 4.69) is 41.7 Å². The molecule has 0 aliphatic heterocycles. The van der Waals surface area contributed by atoms with Gasteiger partial charge in [0, 0.05) is 34.3 Å². The molecule has 36 heavy (non-hydrogen) atoms. The van der Waals surface area contributed by atoms with Gasteiger partial charge >= 0.3 is 0 Å². The summed E-state index contributed by atoms with van der Waals surface area (Å²) < 4.78 is 11.9. The third kappa shape index (κ3) is 4.38. The molecule has 0 spiro atoms. The smallest absolute Gasteiger partial charge is 0.248 e. The van der Waals surface area contributed by atoms with Crippen LogP contribution in [0.3, 0.4) is 0 Å². The summed E-state index contributed by atoms with van der Waals surface area (Å²) in [5, 5.41) is 6.34. The van der Waals surface area contributed by atoms with Crippen LogP contribution in [-0.2, 0) is 4.79 Å². The quantitative estimate of drug-likeness (QED) is 0.251. The Hall–Kier alpha value is -4.31. The van der Waals surface area contributed by atoms with E-state index in [0.29, 0.717) is 12.4 Å². The van der Waals surface area contributed by atoms with E-state index in [4.69, 9.17) is 9.15 Å². The molecule has 0 atom stereocenters. The van der Waals surface area contributed by atoms with Gasteiger partial charge in [0.15, 0.2) is 0 Å². The highest BCUT2D eigenvalue weighted by atomic mass is 16.5. The van der Waals surface area contributed by atoms with Crippen molar-refractivity contribution in [3.8, 4) is 16.9 Å². The normalized spacial score (nSPS) is 11.7. The lowest BCUT2D eigenvalue weighted by molar-refractivity contribution is -0.111. The zero-order valence-electron chi connectivity index (χ0n) is 21.0. The number of aryl methyl sites for hydroxylation is 1. The molecule has 180 valence electrons. The zero-order chi connectivity index (χ0) is 25.2. The summed E-state index contributed by atoms with van der Waals surface area (Å²) in [7, 11) is 0. The van der Waals surface area contributed by atoms with Crippen LogP contribution in [0.25, 0.3) is 38.4 Å². The van der Waals surface area contributed by atoms with Crippen LogP contribution in [0.2, 0.25) is 0 Å². The lowest BCUT2D eigenvalue weighted by Crippen LogP contribution is -2.10. The van der Waals surface area contributed by atoms with Crippen LogP contribution in [0, 0.1) is 13.8 Å². The van der Waals surface area contributed by atoms with Crippen molar-refractivity contribution in [3.05, 3.63) is 102 Å². The van der Waals surface area contributed by atoms with Crippen LogP contribution >= 0.6 is 0 Å².